The standard InChI is InChI=1S/C16H8S3/c1-2-4-12-9(3-1)10-7-11-15(8-14(10)18-12)19-13-5-6-17-16(11)13/h1-8H. The SMILES string of the molecule is c1ccc2c(c1)sc1cc3sc4ccsc4c3cc12. The molecule has 0 aliphatic rings. The maximum Gasteiger partial charge on any atom is 0.0529 e. The van der Waals surface area contributed by atoms with Crippen LogP contribution in [-0.4, -0.2) is 0 Å². The molecular weight excluding hydrogens is 288 g/mol. The van der Waals surface area contributed by atoms with Crippen LogP contribution in [0.4, 0.5) is 0 Å². The van der Waals surface area contributed by atoms with E-state index in [0.29, 0.717) is 0 Å². The minimum Gasteiger partial charge on any atom is -0.142 e. The number of rotatable bonds is 0. The second-order valence-corrected chi connectivity index (χ2v) is 7.74. The van der Waals surface area contributed by atoms with E-state index >= 15 is 0 Å². The summed E-state index contributed by atoms with van der Waals surface area (Å²) < 4.78 is 7.07. The number of hydrogen-bond acceptors (Lipinski definition) is 3. The molecule has 0 spiro atoms. The van der Waals surface area contributed by atoms with Gasteiger partial charge in [-0.3, -0.25) is 0 Å². The van der Waals surface area contributed by atoms with Gasteiger partial charge in [-0.15, -0.1) is 34.0 Å². The number of fused-ring (bicyclic) bond motifs is 6. The molecule has 0 bridgehead atoms. The van der Waals surface area contributed by atoms with Crippen LogP contribution in [0.15, 0.2) is 47.8 Å². The van der Waals surface area contributed by atoms with Crippen LogP contribution in [0.2, 0.25) is 0 Å². The van der Waals surface area contributed by atoms with Crippen molar-refractivity contribution < 1.29 is 0 Å². The van der Waals surface area contributed by atoms with Crippen molar-refractivity contribution in [2.75, 3.05) is 0 Å². The van der Waals surface area contributed by atoms with Crippen molar-refractivity contribution in [3.05, 3.63) is 47.8 Å². The van der Waals surface area contributed by atoms with Crippen LogP contribution in [0, 0.1) is 0 Å². The summed E-state index contributed by atoms with van der Waals surface area (Å²) in [6.45, 7) is 0. The predicted molar refractivity (Wildman–Crippen MR) is 90.1 cm³/mol. The molecule has 90 valence electrons. The van der Waals surface area contributed by atoms with Gasteiger partial charge in [0.2, 0.25) is 0 Å². The van der Waals surface area contributed by atoms with Gasteiger partial charge in [-0.1, -0.05) is 18.2 Å². The second-order valence-electron chi connectivity index (χ2n) is 4.66. The van der Waals surface area contributed by atoms with Crippen molar-refractivity contribution in [1.82, 2.24) is 0 Å². The van der Waals surface area contributed by atoms with Gasteiger partial charge in [-0.05, 0) is 29.6 Å². The van der Waals surface area contributed by atoms with Crippen LogP contribution in [-0.2, 0) is 0 Å². The average Bonchev–Trinajstić information content (AvgIpc) is 3.07. The molecule has 0 amide bonds. The van der Waals surface area contributed by atoms with Gasteiger partial charge in [0.05, 0.1) is 4.70 Å². The van der Waals surface area contributed by atoms with Crippen LogP contribution < -0.4 is 0 Å². The number of thiophene rings is 3. The maximum absolute atomic E-state index is 2.39. The molecule has 0 N–H and O–H groups in total. The fraction of sp³-hybridized carbons (Fsp3) is 0. The summed E-state index contributed by atoms with van der Waals surface area (Å²) in [6, 6.07) is 15.7. The predicted octanol–water partition coefficient (Wildman–Crippen LogP) is 6.48. The summed E-state index contributed by atoms with van der Waals surface area (Å²) in [4.78, 5) is 0. The highest BCUT2D eigenvalue weighted by Gasteiger charge is 2.10. The first-order valence-electron chi connectivity index (χ1n) is 6.11. The van der Waals surface area contributed by atoms with E-state index in [1.165, 1.54) is 39.7 Å². The molecule has 3 heteroatoms. The van der Waals surface area contributed by atoms with E-state index in [1.807, 2.05) is 34.0 Å². The molecule has 0 unspecified atom stereocenters. The molecule has 0 atom stereocenters. The van der Waals surface area contributed by atoms with E-state index in [0.717, 1.165) is 0 Å². The zero-order chi connectivity index (χ0) is 12.4. The summed E-state index contributed by atoms with van der Waals surface area (Å²) in [5, 5.41) is 6.41. The smallest absolute Gasteiger partial charge is 0.0529 e. The molecule has 5 aromatic rings. The molecule has 3 heterocycles. The fourth-order valence-electron chi connectivity index (χ4n) is 2.71. The van der Waals surface area contributed by atoms with Gasteiger partial charge in [0.1, 0.15) is 0 Å². The van der Waals surface area contributed by atoms with Gasteiger partial charge in [-0.2, -0.15) is 0 Å². The Kier molecular flexibility index (Phi) is 1.95. The van der Waals surface area contributed by atoms with Crippen molar-refractivity contribution in [2.45, 2.75) is 0 Å². The Hall–Kier alpha value is -1.42. The molecule has 0 fully saturated rings. The normalized spacial score (nSPS) is 12.2. The largest absolute Gasteiger partial charge is 0.142 e. The molecule has 0 nitrogen and oxygen atoms in total. The third-order valence-corrected chi connectivity index (χ3v) is 6.90. The average molecular weight is 296 g/mol. The molecule has 0 aliphatic heterocycles. The van der Waals surface area contributed by atoms with E-state index in [-0.39, 0.29) is 0 Å². The first-order valence-corrected chi connectivity index (χ1v) is 8.62. The zero-order valence-corrected chi connectivity index (χ0v) is 12.3. The summed E-state index contributed by atoms with van der Waals surface area (Å²) in [5.74, 6) is 0. The second kappa shape index (κ2) is 3.57. The van der Waals surface area contributed by atoms with Gasteiger partial charge in [0.25, 0.3) is 0 Å². The van der Waals surface area contributed by atoms with Gasteiger partial charge in [-0.25, -0.2) is 0 Å². The molecule has 3 aromatic heterocycles. The van der Waals surface area contributed by atoms with E-state index in [9.17, 15) is 0 Å². The summed E-state index contributed by atoms with van der Waals surface area (Å²) >= 11 is 5.66. The van der Waals surface area contributed by atoms with E-state index < -0.39 is 0 Å². The molecule has 0 saturated heterocycles. The lowest BCUT2D eigenvalue weighted by Crippen LogP contribution is -1.66. The Morgan fingerprint density at radius 3 is 2.47 bits per heavy atom. The maximum atomic E-state index is 2.39. The van der Waals surface area contributed by atoms with Crippen molar-refractivity contribution in [1.29, 1.82) is 0 Å². The van der Waals surface area contributed by atoms with Crippen molar-refractivity contribution in [2.24, 2.45) is 0 Å². The van der Waals surface area contributed by atoms with Crippen molar-refractivity contribution in [3.63, 3.8) is 0 Å². The Morgan fingerprint density at radius 1 is 0.632 bits per heavy atom. The van der Waals surface area contributed by atoms with Crippen molar-refractivity contribution in [3.8, 4) is 0 Å². The van der Waals surface area contributed by atoms with Crippen LogP contribution in [0.1, 0.15) is 0 Å². The first kappa shape index (κ1) is 10.4. The fourth-order valence-corrected chi connectivity index (χ4v) is 6.17. The van der Waals surface area contributed by atoms with Crippen LogP contribution in [0.3, 0.4) is 0 Å². The van der Waals surface area contributed by atoms with Crippen LogP contribution in [0.25, 0.3) is 39.7 Å². The molecule has 5 rings (SSSR count). The van der Waals surface area contributed by atoms with Crippen molar-refractivity contribution >= 4 is 73.7 Å². The van der Waals surface area contributed by atoms with Crippen LogP contribution >= 0.6 is 34.0 Å². The Morgan fingerprint density at radius 2 is 1.47 bits per heavy atom. The third kappa shape index (κ3) is 1.32. The highest BCUT2D eigenvalue weighted by molar-refractivity contribution is 7.32. The van der Waals surface area contributed by atoms with Crippen LogP contribution in [0.5, 0.6) is 0 Å². The Balaban J connectivity index is 2.08. The van der Waals surface area contributed by atoms with E-state index in [2.05, 4.69) is 47.8 Å². The lowest BCUT2D eigenvalue weighted by molar-refractivity contribution is 1.87. The molecule has 19 heavy (non-hydrogen) atoms. The van der Waals surface area contributed by atoms with E-state index in [4.69, 9.17) is 0 Å². The first-order chi connectivity index (χ1) is 9.40. The minimum atomic E-state index is 1.39. The van der Waals surface area contributed by atoms with Gasteiger partial charge in [0.15, 0.2) is 0 Å². The topological polar surface area (TPSA) is 0 Å². The quantitative estimate of drug-likeness (QED) is 0.306. The molecular formula is C16H8S3. The Labute approximate surface area is 121 Å². The number of hydrogen-bond donors (Lipinski definition) is 0. The highest BCUT2D eigenvalue weighted by Crippen LogP contribution is 2.42. The Bertz CT molecular complexity index is 1060. The molecule has 0 saturated carbocycles. The molecule has 0 aliphatic carbocycles. The number of benzene rings is 2. The van der Waals surface area contributed by atoms with E-state index in [1.54, 1.807) is 0 Å². The summed E-state index contributed by atoms with van der Waals surface area (Å²) in [5.41, 5.74) is 0. The van der Waals surface area contributed by atoms with Gasteiger partial charge >= 0.3 is 0 Å². The summed E-state index contributed by atoms with van der Waals surface area (Å²) in [6.07, 6.45) is 0. The third-order valence-electron chi connectivity index (χ3n) is 3.57. The zero-order valence-electron chi connectivity index (χ0n) is 9.84. The monoisotopic (exact) mass is 296 g/mol. The molecule has 2 aromatic carbocycles. The van der Waals surface area contributed by atoms with Gasteiger partial charge in [0, 0.05) is 35.0 Å². The summed E-state index contributed by atoms with van der Waals surface area (Å²) in [7, 11) is 0. The lowest BCUT2D eigenvalue weighted by atomic mass is 10.1. The molecule has 0 radical (unpaired) electrons. The minimum absolute atomic E-state index is 1.39. The highest BCUT2D eigenvalue weighted by atomic mass is 32.1. The lowest BCUT2D eigenvalue weighted by Gasteiger charge is -1.93. The van der Waals surface area contributed by atoms with Gasteiger partial charge < -0.3 is 0 Å².